The van der Waals surface area contributed by atoms with Crippen LogP contribution in [0, 0.1) is 16.0 Å². The predicted octanol–water partition coefficient (Wildman–Crippen LogP) is 2.21. The van der Waals surface area contributed by atoms with Gasteiger partial charge in [-0.15, -0.1) is 0 Å². The zero-order valence-electron chi connectivity index (χ0n) is 16.6. The van der Waals surface area contributed by atoms with E-state index in [0.29, 0.717) is 19.5 Å². The number of nitro benzene ring substituents is 1. The number of hydrogen-bond acceptors (Lipinski definition) is 7. The highest BCUT2D eigenvalue weighted by Crippen LogP contribution is 2.33. The molecule has 2 atom stereocenters. The van der Waals surface area contributed by atoms with Crippen LogP contribution in [-0.2, 0) is 14.8 Å². The third-order valence-corrected chi connectivity index (χ3v) is 6.85. The second-order valence-corrected chi connectivity index (χ2v) is 9.58. The van der Waals surface area contributed by atoms with Crippen LogP contribution in [0.3, 0.4) is 0 Å². The third kappa shape index (κ3) is 5.19. The van der Waals surface area contributed by atoms with Gasteiger partial charge in [0, 0.05) is 32.9 Å². The molecule has 1 aliphatic heterocycles. The average molecular weight is 416 g/mol. The lowest BCUT2D eigenvalue weighted by Crippen LogP contribution is -2.41. The van der Waals surface area contributed by atoms with Gasteiger partial charge in [0.1, 0.15) is 5.69 Å². The van der Waals surface area contributed by atoms with Gasteiger partial charge in [-0.2, -0.15) is 4.31 Å². The van der Waals surface area contributed by atoms with Gasteiger partial charge >= 0.3 is 0 Å². The average Bonchev–Trinajstić information content (AvgIpc) is 2.62. The van der Waals surface area contributed by atoms with Gasteiger partial charge in [0.25, 0.3) is 5.69 Å². The molecule has 28 heavy (non-hydrogen) atoms. The highest BCUT2D eigenvalue weighted by atomic mass is 32.2. The van der Waals surface area contributed by atoms with Gasteiger partial charge < -0.3 is 15.2 Å². The van der Waals surface area contributed by atoms with Crippen LogP contribution in [0.1, 0.15) is 33.1 Å². The Kier molecular flexibility index (Phi) is 7.38. The summed E-state index contributed by atoms with van der Waals surface area (Å²) >= 11 is 0. The largest absolute Gasteiger partial charge is 0.396 e. The monoisotopic (exact) mass is 415 g/mol. The van der Waals surface area contributed by atoms with Crippen molar-refractivity contribution in [1.29, 1.82) is 0 Å². The Labute approximate surface area is 165 Å². The molecular weight excluding hydrogens is 386 g/mol. The van der Waals surface area contributed by atoms with Crippen molar-refractivity contribution in [3.8, 4) is 0 Å². The van der Waals surface area contributed by atoms with Crippen molar-refractivity contribution >= 4 is 21.4 Å². The number of aliphatic hydroxyl groups excluding tert-OH is 1. The molecule has 0 spiro atoms. The number of piperidine rings is 1. The molecule has 0 saturated carbocycles. The van der Waals surface area contributed by atoms with Gasteiger partial charge in [0.05, 0.1) is 22.0 Å². The number of sulfonamides is 1. The quantitative estimate of drug-likeness (QED) is 0.468. The van der Waals surface area contributed by atoms with Gasteiger partial charge in [-0.1, -0.05) is 6.92 Å². The summed E-state index contributed by atoms with van der Waals surface area (Å²) in [5.74, 6) is 0.257. The molecule has 0 radical (unpaired) electrons. The van der Waals surface area contributed by atoms with Crippen molar-refractivity contribution in [2.45, 2.75) is 43.5 Å². The lowest BCUT2D eigenvalue weighted by Gasteiger charge is -2.31. The maximum atomic E-state index is 12.9. The number of benzene rings is 1. The number of hydrogen-bond donors (Lipinski definition) is 2. The van der Waals surface area contributed by atoms with Crippen molar-refractivity contribution in [3.63, 3.8) is 0 Å². The zero-order valence-corrected chi connectivity index (χ0v) is 17.4. The molecule has 158 valence electrons. The third-order valence-electron chi connectivity index (χ3n) is 4.99. The van der Waals surface area contributed by atoms with Gasteiger partial charge in [0.2, 0.25) is 10.0 Å². The minimum absolute atomic E-state index is 0.0885. The Balaban J connectivity index is 2.38. The Hall–Kier alpha value is -1.75. The topological polar surface area (TPSA) is 122 Å². The van der Waals surface area contributed by atoms with Gasteiger partial charge in [-0.3, -0.25) is 10.1 Å². The summed E-state index contributed by atoms with van der Waals surface area (Å²) in [5, 5.41) is 23.9. The van der Waals surface area contributed by atoms with Crippen LogP contribution in [0.25, 0.3) is 0 Å². The first-order chi connectivity index (χ1) is 13.1. The predicted molar refractivity (Wildman–Crippen MR) is 106 cm³/mol. The van der Waals surface area contributed by atoms with Crippen LogP contribution in [0.15, 0.2) is 23.1 Å². The fourth-order valence-corrected chi connectivity index (χ4v) is 5.12. The summed E-state index contributed by atoms with van der Waals surface area (Å²) in [6, 6.07) is 3.89. The fourth-order valence-electron chi connectivity index (χ4n) is 3.50. The van der Waals surface area contributed by atoms with E-state index in [1.807, 2.05) is 6.92 Å². The van der Waals surface area contributed by atoms with E-state index in [2.05, 4.69) is 5.32 Å². The van der Waals surface area contributed by atoms with Crippen molar-refractivity contribution < 1.29 is 23.2 Å². The smallest absolute Gasteiger partial charge is 0.293 e. The van der Waals surface area contributed by atoms with Crippen molar-refractivity contribution in [2.75, 3.05) is 38.7 Å². The Morgan fingerprint density at radius 1 is 1.46 bits per heavy atom. The second kappa shape index (κ2) is 9.17. The summed E-state index contributed by atoms with van der Waals surface area (Å²) in [5.41, 5.74) is -0.882. The Bertz CT molecular complexity index is 793. The molecule has 0 bridgehead atoms. The van der Waals surface area contributed by atoms with E-state index in [1.54, 1.807) is 6.92 Å². The van der Waals surface area contributed by atoms with E-state index >= 15 is 0 Å². The molecule has 1 saturated heterocycles. The van der Waals surface area contributed by atoms with E-state index in [9.17, 15) is 23.6 Å². The molecule has 0 amide bonds. The molecule has 10 heteroatoms. The number of nitro groups is 1. The Morgan fingerprint density at radius 3 is 2.75 bits per heavy atom. The summed E-state index contributed by atoms with van der Waals surface area (Å²) in [6.07, 6.45) is 2.06. The van der Waals surface area contributed by atoms with Crippen molar-refractivity contribution in [2.24, 2.45) is 5.92 Å². The summed E-state index contributed by atoms with van der Waals surface area (Å²) < 4.78 is 32.4. The van der Waals surface area contributed by atoms with E-state index in [1.165, 1.54) is 23.5 Å². The second-order valence-electron chi connectivity index (χ2n) is 7.64. The van der Waals surface area contributed by atoms with E-state index < -0.39 is 20.5 Å². The lowest BCUT2D eigenvalue weighted by molar-refractivity contribution is -0.384. The molecular formula is C18H29N3O6S. The molecule has 9 nitrogen and oxygen atoms in total. The molecule has 0 aliphatic carbocycles. The molecule has 1 aromatic carbocycles. The van der Waals surface area contributed by atoms with Crippen LogP contribution in [0.2, 0.25) is 0 Å². The van der Waals surface area contributed by atoms with Gasteiger partial charge in [-0.25, -0.2) is 8.42 Å². The normalized spacial score (nSPS) is 20.5. The Morgan fingerprint density at radius 2 is 2.18 bits per heavy atom. The standard InChI is InChI=1S/C18H29N3O6S/c1-14-5-4-9-20(12-14)28(25,26)15-6-7-16(17(11-15)21(23)24)19-18(2,8-10-22)13-27-3/h6-7,11,14,19,22H,4-5,8-10,12-13H2,1-3H3/t14-,18+/m1/s1. The number of rotatable bonds is 9. The van der Waals surface area contributed by atoms with E-state index in [4.69, 9.17) is 4.74 Å². The molecule has 1 heterocycles. The molecule has 1 fully saturated rings. The minimum atomic E-state index is -3.80. The summed E-state index contributed by atoms with van der Waals surface area (Å²) in [6.45, 7) is 4.70. The van der Waals surface area contributed by atoms with E-state index in [0.717, 1.165) is 18.9 Å². The number of anilines is 1. The summed E-state index contributed by atoms with van der Waals surface area (Å²) in [4.78, 5) is 10.9. The SMILES string of the molecule is COC[C@](C)(CCO)Nc1ccc(S(=O)(=O)N2CCC[C@@H](C)C2)cc1[N+](=O)[O-]. The first-order valence-corrected chi connectivity index (χ1v) is 10.7. The lowest BCUT2D eigenvalue weighted by atomic mass is 9.98. The number of nitrogens with one attached hydrogen (secondary N) is 1. The van der Waals surface area contributed by atoms with Gasteiger partial charge in [0.15, 0.2) is 0 Å². The first kappa shape index (κ1) is 22.5. The molecule has 2 rings (SSSR count). The maximum Gasteiger partial charge on any atom is 0.293 e. The van der Waals surface area contributed by atoms with Crippen LogP contribution in [0.5, 0.6) is 0 Å². The molecule has 0 aromatic heterocycles. The molecule has 1 aliphatic rings. The van der Waals surface area contributed by atoms with Crippen molar-refractivity contribution in [3.05, 3.63) is 28.3 Å². The molecule has 2 N–H and O–H groups in total. The van der Waals surface area contributed by atoms with Crippen LogP contribution in [0.4, 0.5) is 11.4 Å². The highest BCUT2D eigenvalue weighted by Gasteiger charge is 2.32. The van der Waals surface area contributed by atoms with Crippen LogP contribution in [-0.4, -0.2) is 61.7 Å². The molecule has 0 unspecified atom stereocenters. The minimum Gasteiger partial charge on any atom is -0.396 e. The highest BCUT2D eigenvalue weighted by molar-refractivity contribution is 7.89. The summed E-state index contributed by atoms with van der Waals surface area (Å²) in [7, 11) is -2.29. The zero-order chi connectivity index (χ0) is 20.9. The van der Waals surface area contributed by atoms with Crippen LogP contribution < -0.4 is 5.32 Å². The van der Waals surface area contributed by atoms with E-state index in [-0.39, 0.29) is 35.4 Å². The fraction of sp³-hybridized carbons (Fsp3) is 0.667. The van der Waals surface area contributed by atoms with Gasteiger partial charge in [-0.05, 0) is 44.2 Å². The maximum absolute atomic E-state index is 12.9. The molecule has 1 aromatic rings. The van der Waals surface area contributed by atoms with Crippen molar-refractivity contribution in [1.82, 2.24) is 4.31 Å². The number of ether oxygens (including phenoxy) is 1. The van der Waals surface area contributed by atoms with Crippen LogP contribution >= 0.6 is 0 Å². The number of aliphatic hydroxyl groups is 1. The number of nitrogens with zero attached hydrogens (tertiary/aromatic N) is 2. The first-order valence-electron chi connectivity index (χ1n) is 9.29. The number of methoxy groups -OCH3 is 1.